The third kappa shape index (κ3) is 6.44. The maximum absolute atomic E-state index is 14.9. The first-order chi connectivity index (χ1) is 21.2. The molecule has 11 heteroatoms. The van der Waals surface area contributed by atoms with E-state index >= 15 is 0 Å². The maximum atomic E-state index is 14.9. The highest BCUT2D eigenvalue weighted by atomic mass is 32.1. The number of anilines is 1. The second-order valence-electron chi connectivity index (χ2n) is 9.41. The first kappa shape index (κ1) is 31.8. The summed E-state index contributed by atoms with van der Waals surface area (Å²) in [6.45, 7) is 0.706. The molecule has 2 heterocycles. The van der Waals surface area contributed by atoms with Crippen LogP contribution in [0.4, 0.5) is 18.9 Å². The highest BCUT2D eigenvalue weighted by Crippen LogP contribution is 2.56. The molecule has 4 rings (SSSR count). The van der Waals surface area contributed by atoms with Gasteiger partial charge in [0.1, 0.15) is 23.8 Å². The predicted molar refractivity (Wildman–Crippen MR) is 161 cm³/mol. The Morgan fingerprint density at radius 3 is 1.95 bits per heavy atom. The molecule has 0 amide bonds. The minimum atomic E-state index is -5.06. The van der Waals surface area contributed by atoms with E-state index in [1.54, 1.807) is 18.2 Å². The summed E-state index contributed by atoms with van der Waals surface area (Å²) in [4.78, 5) is 3.27. The SMILES string of the molecule is N#CC(C#N)=C1OC(c2ccccc2)(C(F)(F)F)C(/C=C/c2ccc(/C=C/c3ccc(N(CCO)CCO)cc3)s2)=C1C#N. The highest BCUT2D eigenvalue weighted by molar-refractivity contribution is 7.13. The van der Waals surface area contributed by atoms with Gasteiger partial charge in [0.25, 0.3) is 5.60 Å². The molecular weight excluding hydrogens is 589 g/mol. The van der Waals surface area contributed by atoms with Crippen LogP contribution < -0.4 is 4.90 Å². The molecule has 2 N–H and O–H groups in total. The van der Waals surface area contributed by atoms with E-state index in [4.69, 9.17) is 4.74 Å². The molecule has 2 aromatic carbocycles. The zero-order valence-electron chi connectivity index (χ0n) is 23.1. The number of aliphatic hydroxyl groups is 2. The van der Waals surface area contributed by atoms with E-state index in [2.05, 4.69) is 0 Å². The van der Waals surface area contributed by atoms with Crippen molar-refractivity contribution < 1.29 is 28.1 Å². The maximum Gasteiger partial charge on any atom is 0.437 e. The molecule has 44 heavy (non-hydrogen) atoms. The zero-order chi connectivity index (χ0) is 31.7. The van der Waals surface area contributed by atoms with Crippen molar-refractivity contribution >= 4 is 35.3 Å². The normalized spacial score (nSPS) is 16.5. The van der Waals surface area contributed by atoms with Gasteiger partial charge in [0.05, 0.1) is 13.2 Å². The molecule has 1 atom stereocenters. The van der Waals surface area contributed by atoms with Crippen LogP contribution in [0.25, 0.3) is 18.2 Å². The van der Waals surface area contributed by atoms with E-state index in [0.717, 1.165) is 22.2 Å². The van der Waals surface area contributed by atoms with Gasteiger partial charge >= 0.3 is 6.18 Å². The summed E-state index contributed by atoms with van der Waals surface area (Å²) in [5.41, 5.74) is -3.48. The topological polar surface area (TPSA) is 124 Å². The Balaban J connectivity index is 1.68. The van der Waals surface area contributed by atoms with Gasteiger partial charge in [-0.05, 0) is 42.0 Å². The molecule has 1 aliphatic heterocycles. The Hall–Kier alpha value is -5.12. The number of aliphatic hydroxyl groups excluding tert-OH is 2. The second-order valence-corrected chi connectivity index (χ2v) is 10.6. The number of nitrogens with zero attached hydrogens (tertiary/aromatic N) is 4. The second kappa shape index (κ2) is 13.9. The summed E-state index contributed by atoms with van der Waals surface area (Å²) in [6.07, 6.45) is 1.26. The minimum Gasteiger partial charge on any atom is -0.465 e. The fourth-order valence-electron chi connectivity index (χ4n) is 4.73. The lowest BCUT2D eigenvalue weighted by Crippen LogP contribution is -2.43. The van der Waals surface area contributed by atoms with E-state index in [1.807, 2.05) is 41.3 Å². The average Bonchev–Trinajstić information content (AvgIpc) is 3.63. The Bertz CT molecular complexity index is 1720. The van der Waals surface area contributed by atoms with Gasteiger partial charge in [-0.25, -0.2) is 0 Å². The fraction of sp³-hybridized carbons (Fsp3) is 0.182. The minimum absolute atomic E-state index is 0.0406. The summed E-state index contributed by atoms with van der Waals surface area (Å²) in [6, 6.07) is 22.6. The summed E-state index contributed by atoms with van der Waals surface area (Å²) in [7, 11) is 0. The molecule has 0 aliphatic carbocycles. The summed E-state index contributed by atoms with van der Waals surface area (Å²) >= 11 is 1.30. The molecule has 1 unspecified atom stereocenters. The van der Waals surface area contributed by atoms with Crippen LogP contribution in [0, 0.1) is 34.0 Å². The summed E-state index contributed by atoms with van der Waals surface area (Å²) in [5, 5.41) is 47.2. The predicted octanol–water partition coefficient (Wildman–Crippen LogP) is 6.33. The van der Waals surface area contributed by atoms with E-state index < -0.39 is 34.3 Å². The van der Waals surface area contributed by atoms with Crippen molar-refractivity contribution in [2.75, 3.05) is 31.2 Å². The van der Waals surface area contributed by atoms with Crippen LogP contribution in [0.1, 0.15) is 20.9 Å². The molecule has 1 aliphatic rings. The van der Waals surface area contributed by atoms with Crippen LogP contribution in [-0.2, 0) is 10.3 Å². The smallest absolute Gasteiger partial charge is 0.437 e. The summed E-state index contributed by atoms with van der Waals surface area (Å²) in [5.74, 6) is -0.713. The van der Waals surface area contributed by atoms with Gasteiger partial charge in [-0.2, -0.15) is 29.0 Å². The monoisotopic (exact) mass is 614 g/mol. The lowest BCUT2D eigenvalue weighted by Gasteiger charge is -2.33. The standard InChI is InChI=1S/C33H25F3N4O3S/c34-33(35,36)32(25-4-2-1-3-5-25)30(29(22-39)31(43-32)24(20-37)21-38)15-14-28-13-12-27(44-28)11-8-23-6-9-26(10-7-23)40(16-18-41)17-19-42/h1-15,41-42H,16-19H2/b11-8+,15-14+. The van der Waals surface area contributed by atoms with Crippen molar-refractivity contribution in [3.63, 3.8) is 0 Å². The quantitative estimate of drug-likeness (QED) is 0.256. The zero-order valence-corrected chi connectivity index (χ0v) is 23.9. The van der Waals surface area contributed by atoms with Gasteiger partial charge in [0.2, 0.25) is 0 Å². The first-order valence-electron chi connectivity index (χ1n) is 13.3. The third-order valence-corrected chi connectivity index (χ3v) is 7.79. The van der Waals surface area contributed by atoms with Crippen LogP contribution >= 0.6 is 11.3 Å². The van der Waals surface area contributed by atoms with Gasteiger partial charge in [0.15, 0.2) is 11.3 Å². The molecule has 0 radical (unpaired) electrons. The van der Waals surface area contributed by atoms with Gasteiger partial charge in [-0.1, -0.05) is 54.6 Å². The molecule has 0 fully saturated rings. The van der Waals surface area contributed by atoms with Gasteiger partial charge in [-0.15, -0.1) is 11.3 Å². The van der Waals surface area contributed by atoms with Crippen LogP contribution in [0.3, 0.4) is 0 Å². The molecule has 3 aromatic rings. The average molecular weight is 615 g/mol. The van der Waals surface area contributed by atoms with Crippen molar-refractivity contribution in [3.8, 4) is 18.2 Å². The van der Waals surface area contributed by atoms with Crippen molar-refractivity contribution in [2.24, 2.45) is 0 Å². The molecule has 0 spiro atoms. The molecule has 0 saturated heterocycles. The molecule has 7 nitrogen and oxygen atoms in total. The van der Waals surface area contributed by atoms with Crippen LogP contribution in [0.2, 0.25) is 0 Å². The number of hydrogen-bond donors (Lipinski definition) is 2. The number of alkyl halides is 3. The van der Waals surface area contributed by atoms with Crippen LogP contribution in [0.15, 0.2) is 95.3 Å². The van der Waals surface area contributed by atoms with Gasteiger partial charge in [-0.3, -0.25) is 0 Å². The van der Waals surface area contributed by atoms with Gasteiger partial charge in [0, 0.05) is 39.7 Å². The number of hydrogen-bond acceptors (Lipinski definition) is 8. The van der Waals surface area contributed by atoms with Crippen molar-refractivity contribution in [1.82, 2.24) is 0 Å². The lowest BCUT2D eigenvalue weighted by molar-refractivity contribution is -0.249. The Morgan fingerprint density at radius 2 is 1.43 bits per heavy atom. The number of halogens is 3. The number of benzene rings is 2. The molecule has 0 bridgehead atoms. The van der Waals surface area contributed by atoms with Crippen molar-refractivity contribution in [3.05, 3.63) is 116 Å². The number of allylic oxidation sites excluding steroid dienone is 2. The Labute approximate surface area is 256 Å². The number of nitriles is 3. The van der Waals surface area contributed by atoms with Crippen LogP contribution in [-0.4, -0.2) is 42.7 Å². The molecule has 0 saturated carbocycles. The number of rotatable bonds is 10. The van der Waals surface area contributed by atoms with E-state index in [1.165, 1.54) is 59.9 Å². The Kier molecular flexibility index (Phi) is 10.0. The van der Waals surface area contributed by atoms with E-state index in [0.29, 0.717) is 18.0 Å². The lowest BCUT2D eigenvalue weighted by atomic mass is 9.84. The Morgan fingerprint density at radius 1 is 0.841 bits per heavy atom. The largest absolute Gasteiger partial charge is 0.465 e. The van der Waals surface area contributed by atoms with Gasteiger partial charge < -0.3 is 19.8 Å². The van der Waals surface area contributed by atoms with Crippen molar-refractivity contribution in [1.29, 1.82) is 15.8 Å². The molecule has 222 valence electrons. The molecule has 1 aromatic heterocycles. The van der Waals surface area contributed by atoms with Crippen LogP contribution in [0.5, 0.6) is 0 Å². The van der Waals surface area contributed by atoms with Crippen molar-refractivity contribution in [2.45, 2.75) is 11.8 Å². The first-order valence-corrected chi connectivity index (χ1v) is 14.1. The number of thiophene rings is 1. The summed E-state index contributed by atoms with van der Waals surface area (Å²) < 4.78 is 50.2. The molecular formula is C33H25F3N4O3S. The number of ether oxygens (including phenoxy) is 1. The van der Waals surface area contributed by atoms with E-state index in [-0.39, 0.29) is 18.8 Å². The van der Waals surface area contributed by atoms with E-state index in [9.17, 15) is 39.2 Å². The third-order valence-electron chi connectivity index (χ3n) is 6.77. The fourth-order valence-corrected chi connectivity index (χ4v) is 5.55. The highest BCUT2D eigenvalue weighted by Gasteiger charge is 2.65.